The molecule has 1 N–H and O–H groups in total. The molecule has 20 heavy (non-hydrogen) atoms. The van der Waals surface area contributed by atoms with Gasteiger partial charge in [-0.05, 0) is 54.9 Å². The molecule has 0 fully saturated rings. The average molecular weight is 273 g/mol. The van der Waals surface area contributed by atoms with Crippen molar-refractivity contribution in [2.45, 2.75) is 19.9 Å². The Bertz CT molecular complexity index is 540. The van der Waals surface area contributed by atoms with Gasteiger partial charge in [0.1, 0.15) is 11.6 Å². The lowest BCUT2D eigenvalue weighted by Gasteiger charge is -2.19. The largest absolute Gasteiger partial charge is 0.329 e. The van der Waals surface area contributed by atoms with Crippen LogP contribution < -0.4 is 10.2 Å². The molecule has 0 aliphatic heterocycles. The maximum absolute atomic E-state index is 12.9. The molecule has 2 aromatic rings. The van der Waals surface area contributed by atoms with Gasteiger partial charge in [-0.15, -0.1) is 0 Å². The molecule has 4 heteroatoms. The van der Waals surface area contributed by atoms with Crippen molar-refractivity contribution in [3.63, 3.8) is 0 Å². The number of aromatic nitrogens is 1. The summed E-state index contributed by atoms with van der Waals surface area (Å²) in [5, 5.41) is 3.37. The number of hydrogen-bond donors (Lipinski definition) is 1. The first-order valence-corrected chi connectivity index (χ1v) is 6.85. The minimum Gasteiger partial charge on any atom is -0.329 e. The monoisotopic (exact) mass is 273 g/mol. The Labute approximate surface area is 119 Å². The van der Waals surface area contributed by atoms with Gasteiger partial charge in [-0.3, -0.25) is 0 Å². The fourth-order valence-corrected chi connectivity index (χ4v) is 1.96. The van der Waals surface area contributed by atoms with Gasteiger partial charge in [0, 0.05) is 25.5 Å². The quantitative estimate of drug-likeness (QED) is 0.817. The van der Waals surface area contributed by atoms with Crippen molar-refractivity contribution >= 4 is 11.5 Å². The number of halogens is 1. The molecule has 0 saturated heterocycles. The van der Waals surface area contributed by atoms with Crippen LogP contribution in [-0.2, 0) is 6.54 Å². The lowest BCUT2D eigenvalue weighted by molar-refractivity contribution is 0.628. The van der Waals surface area contributed by atoms with Gasteiger partial charge in [0.25, 0.3) is 0 Å². The molecular weight excluding hydrogens is 253 g/mol. The van der Waals surface area contributed by atoms with Gasteiger partial charge >= 0.3 is 0 Å². The van der Waals surface area contributed by atoms with Crippen LogP contribution in [0.4, 0.5) is 15.9 Å². The third-order valence-corrected chi connectivity index (χ3v) is 3.12. The molecule has 3 nitrogen and oxygen atoms in total. The van der Waals surface area contributed by atoms with Gasteiger partial charge < -0.3 is 10.2 Å². The van der Waals surface area contributed by atoms with Gasteiger partial charge in [0.15, 0.2) is 0 Å². The Kier molecular flexibility index (Phi) is 5.07. The van der Waals surface area contributed by atoms with Crippen molar-refractivity contribution in [3.05, 3.63) is 54.0 Å². The topological polar surface area (TPSA) is 28.2 Å². The van der Waals surface area contributed by atoms with E-state index < -0.39 is 0 Å². The maximum atomic E-state index is 12.9. The predicted octanol–water partition coefficient (Wildman–Crippen LogP) is 3.49. The van der Waals surface area contributed by atoms with Crippen LogP contribution in [0.5, 0.6) is 0 Å². The Morgan fingerprint density at radius 2 is 1.95 bits per heavy atom. The molecule has 1 heterocycles. The molecule has 0 bridgehead atoms. The molecule has 0 amide bonds. The van der Waals surface area contributed by atoms with E-state index in [0.717, 1.165) is 31.0 Å². The fraction of sp³-hybridized carbons (Fsp3) is 0.312. The zero-order valence-electron chi connectivity index (χ0n) is 11.9. The molecule has 0 unspecified atom stereocenters. The Hall–Kier alpha value is -1.94. The van der Waals surface area contributed by atoms with Crippen molar-refractivity contribution in [2.24, 2.45) is 0 Å². The van der Waals surface area contributed by atoms with E-state index in [9.17, 15) is 4.39 Å². The molecular formula is C16H20FN3. The summed E-state index contributed by atoms with van der Waals surface area (Å²) in [5.74, 6) is 0.625. The Morgan fingerprint density at radius 3 is 2.65 bits per heavy atom. The summed E-state index contributed by atoms with van der Waals surface area (Å²) >= 11 is 0. The fourth-order valence-electron chi connectivity index (χ4n) is 1.96. The van der Waals surface area contributed by atoms with Crippen molar-refractivity contribution < 1.29 is 4.39 Å². The van der Waals surface area contributed by atoms with Gasteiger partial charge in [0.2, 0.25) is 0 Å². The minimum absolute atomic E-state index is 0.229. The lowest BCUT2D eigenvalue weighted by atomic mass is 10.2. The molecule has 0 radical (unpaired) electrons. The summed E-state index contributed by atoms with van der Waals surface area (Å²) in [5.41, 5.74) is 2.11. The normalized spacial score (nSPS) is 10.6. The van der Waals surface area contributed by atoms with Crippen LogP contribution >= 0.6 is 0 Å². The number of hydrogen-bond acceptors (Lipinski definition) is 3. The van der Waals surface area contributed by atoms with E-state index in [1.165, 1.54) is 17.7 Å². The summed E-state index contributed by atoms with van der Waals surface area (Å²) in [6.45, 7) is 3.99. The van der Waals surface area contributed by atoms with Crippen molar-refractivity contribution in [2.75, 3.05) is 18.5 Å². The predicted molar refractivity (Wildman–Crippen MR) is 80.7 cm³/mol. The van der Waals surface area contributed by atoms with E-state index in [2.05, 4.69) is 17.2 Å². The molecule has 0 aliphatic rings. The minimum atomic E-state index is -0.229. The van der Waals surface area contributed by atoms with E-state index in [4.69, 9.17) is 0 Å². The summed E-state index contributed by atoms with van der Waals surface area (Å²) in [7, 11) is 1.93. The molecule has 2 rings (SSSR count). The third-order valence-electron chi connectivity index (χ3n) is 3.12. The third kappa shape index (κ3) is 3.78. The first-order valence-electron chi connectivity index (χ1n) is 6.85. The van der Waals surface area contributed by atoms with E-state index >= 15 is 0 Å². The number of benzene rings is 1. The van der Waals surface area contributed by atoms with Gasteiger partial charge in [0.05, 0.1) is 0 Å². The van der Waals surface area contributed by atoms with Crippen LogP contribution in [0.3, 0.4) is 0 Å². The molecule has 0 aliphatic carbocycles. The highest BCUT2D eigenvalue weighted by Crippen LogP contribution is 2.22. The Morgan fingerprint density at radius 1 is 1.20 bits per heavy atom. The van der Waals surface area contributed by atoms with Crippen LogP contribution in [0.1, 0.15) is 18.9 Å². The summed E-state index contributed by atoms with van der Waals surface area (Å²) < 4.78 is 12.9. The second kappa shape index (κ2) is 7.01. The molecule has 0 saturated carbocycles. The molecule has 0 atom stereocenters. The summed E-state index contributed by atoms with van der Waals surface area (Å²) in [4.78, 5) is 6.32. The highest BCUT2D eigenvalue weighted by Gasteiger charge is 2.06. The number of pyridine rings is 1. The highest BCUT2D eigenvalue weighted by atomic mass is 19.1. The van der Waals surface area contributed by atoms with Crippen LogP contribution in [0, 0.1) is 5.82 Å². The van der Waals surface area contributed by atoms with E-state index in [1.807, 2.05) is 24.1 Å². The highest BCUT2D eigenvalue weighted by molar-refractivity contribution is 5.59. The van der Waals surface area contributed by atoms with Gasteiger partial charge in [-0.1, -0.05) is 6.92 Å². The molecule has 106 valence electrons. The molecule has 1 aromatic carbocycles. The number of nitrogens with one attached hydrogen (secondary N) is 1. The van der Waals surface area contributed by atoms with E-state index in [1.54, 1.807) is 18.3 Å². The lowest BCUT2D eigenvalue weighted by Crippen LogP contribution is -2.15. The van der Waals surface area contributed by atoms with Crippen LogP contribution in [0.15, 0.2) is 42.6 Å². The Balaban J connectivity index is 2.11. The first-order chi connectivity index (χ1) is 9.70. The summed E-state index contributed by atoms with van der Waals surface area (Å²) in [6.07, 6.45) is 2.92. The standard InChI is InChI=1S/C16H20FN3/c1-3-9-18-12-13-8-10-19-16(11-13)20(2)15-6-4-14(17)5-7-15/h4-8,10-11,18H,3,9,12H2,1-2H3. The smallest absolute Gasteiger partial charge is 0.132 e. The van der Waals surface area contributed by atoms with Crippen molar-refractivity contribution in [1.82, 2.24) is 10.3 Å². The zero-order chi connectivity index (χ0) is 14.4. The summed E-state index contributed by atoms with van der Waals surface area (Å²) in [6, 6.07) is 10.5. The second-order valence-corrected chi connectivity index (χ2v) is 4.73. The maximum Gasteiger partial charge on any atom is 0.132 e. The van der Waals surface area contributed by atoms with Gasteiger partial charge in [-0.25, -0.2) is 9.37 Å². The van der Waals surface area contributed by atoms with Crippen LogP contribution in [0.25, 0.3) is 0 Å². The average Bonchev–Trinajstić information content (AvgIpc) is 2.48. The number of anilines is 2. The SMILES string of the molecule is CCCNCc1ccnc(N(C)c2ccc(F)cc2)c1. The molecule has 1 aromatic heterocycles. The number of nitrogens with zero attached hydrogens (tertiary/aromatic N) is 2. The zero-order valence-corrected chi connectivity index (χ0v) is 11.9. The van der Waals surface area contributed by atoms with Crippen molar-refractivity contribution in [1.29, 1.82) is 0 Å². The van der Waals surface area contributed by atoms with Crippen molar-refractivity contribution in [3.8, 4) is 0 Å². The van der Waals surface area contributed by atoms with Crippen LogP contribution in [-0.4, -0.2) is 18.6 Å². The number of rotatable bonds is 6. The molecule has 0 spiro atoms. The van der Waals surface area contributed by atoms with Gasteiger partial charge in [-0.2, -0.15) is 0 Å². The first kappa shape index (κ1) is 14.5. The van der Waals surface area contributed by atoms with E-state index in [-0.39, 0.29) is 5.82 Å². The van der Waals surface area contributed by atoms with Crippen LogP contribution in [0.2, 0.25) is 0 Å². The second-order valence-electron chi connectivity index (χ2n) is 4.73. The van der Waals surface area contributed by atoms with E-state index in [0.29, 0.717) is 0 Å².